The van der Waals surface area contributed by atoms with Crippen molar-refractivity contribution < 1.29 is 9.53 Å². The molecule has 22 heavy (non-hydrogen) atoms. The molecule has 1 amide bonds. The van der Waals surface area contributed by atoms with E-state index < -0.39 is 0 Å². The van der Waals surface area contributed by atoms with Gasteiger partial charge in [-0.1, -0.05) is 6.07 Å². The van der Waals surface area contributed by atoms with E-state index in [1.54, 1.807) is 27.6 Å². The molecule has 0 aromatic carbocycles. The van der Waals surface area contributed by atoms with Crippen LogP contribution in [-0.2, 0) is 16.1 Å². The van der Waals surface area contributed by atoms with E-state index in [0.717, 1.165) is 23.8 Å². The van der Waals surface area contributed by atoms with Crippen LogP contribution in [-0.4, -0.2) is 48.6 Å². The Bertz CT molecular complexity index is 606. The maximum atomic E-state index is 12.2. The maximum absolute atomic E-state index is 12.2. The average molecular weight is 337 g/mol. The number of nitrogens with one attached hydrogen (secondary N) is 1. The highest BCUT2D eigenvalue weighted by molar-refractivity contribution is 7.20. The van der Waals surface area contributed by atoms with E-state index >= 15 is 0 Å². The van der Waals surface area contributed by atoms with Crippen LogP contribution in [0.1, 0.15) is 12.1 Å². The summed E-state index contributed by atoms with van der Waals surface area (Å²) in [7, 11) is 1.82. The van der Waals surface area contributed by atoms with Crippen LogP contribution in [0.25, 0.3) is 9.88 Å². The van der Waals surface area contributed by atoms with Crippen molar-refractivity contribution >= 4 is 28.6 Å². The fraction of sp³-hybridized carbons (Fsp3) is 0.467. The minimum Gasteiger partial charge on any atom is -0.375 e. The number of nitrogens with zero attached hydrogens (tertiary/aromatic N) is 2. The molecule has 0 unspecified atom stereocenters. The van der Waals surface area contributed by atoms with Gasteiger partial charge >= 0.3 is 0 Å². The Hall–Kier alpha value is -1.28. The summed E-state index contributed by atoms with van der Waals surface area (Å²) in [6.45, 7) is 2.84. The van der Waals surface area contributed by atoms with E-state index in [9.17, 15) is 4.79 Å². The molecule has 1 aliphatic rings. The monoisotopic (exact) mass is 337 g/mol. The van der Waals surface area contributed by atoms with E-state index in [-0.39, 0.29) is 12.0 Å². The van der Waals surface area contributed by atoms with Gasteiger partial charge in [0.05, 0.1) is 36.2 Å². The Balaban J connectivity index is 1.54. The van der Waals surface area contributed by atoms with Crippen molar-refractivity contribution in [3.05, 3.63) is 28.6 Å². The Kier molecular flexibility index (Phi) is 5.20. The van der Waals surface area contributed by atoms with Crippen molar-refractivity contribution in [1.82, 2.24) is 15.2 Å². The molecule has 2 aromatic heterocycles. The van der Waals surface area contributed by atoms with Crippen LogP contribution in [0.4, 0.5) is 0 Å². The molecule has 5 nitrogen and oxygen atoms in total. The van der Waals surface area contributed by atoms with Crippen molar-refractivity contribution in [2.24, 2.45) is 0 Å². The molecule has 1 fully saturated rings. The molecule has 0 radical (unpaired) electrons. The summed E-state index contributed by atoms with van der Waals surface area (Å²) in [5.41, 5.74) is 0.937. The Morgan fingerprint density at radius 2 is 2.45 bits per heavy atom. The lowest BCUT2D eigenvalue weighted by atomic mass is 10.2. The van der Waals surface area contributed by atoms with Gasteiger partial charge in [0.25, 0.3) is 0 Å². The molecular formula is C15H19N3O2S2. The Labute approximate surface area is 137 Å². The number of hydrogen-bond acceptors (Lipinski definition) is 6. The van der Waals surface area contributed by atoms with Gasteiger partial charge in [0.15, 0.2) is 0 Å². The van der Waals surface area contributed by atoms with Gasteiger partial charge < -0.3 is 15.0 Å². The van der Waals surface area contributed by atoms with E-state index in [2.05, 4.69) is 16.4 Å². The smallest absolute Gasteiger partial charge is 0.225 e. The van der Waals surface area contributed by atoms with E-state index in [1.165, 1.54) is 4.88 Å². The lowest BCUT2D eigenvalue weighted by molar-refractivity contribution is -0.134. The number of thiophene rings is 1. The number of ether oxygens (including phenoxy) is 1. The molecule has 1 saturated heterocycles. The van der Waals surface area contributed by atoms with E-state index in [0.29, 0.717) is 19.6 Å². The van der Waals surface area contributed by atoms with Crippen LogP contribution < -0.4 is 5.32 Å². The van der Waals surface area contributed by atoms with Crippen molar-refractivity contribution in [2.75, 3.05) is 26.7 Å². The topological polar surface area (TPSA) is 54.5 Å². The molecule has 3 rings (SSSR count). The third-order valence-corrected chi connectivity index (χ3v) is 5.45. The van der Waals surface area contributed by atoms with Crippen molar-refractivity contribution in [3.8, 4) is 9.88 Å². The first-order valence-corrected chi connectivity index (χ1v) is 9.03. The zero-order chi connectivity index (χ0) is 15.4. The van der Waals surface area contributed by atoms with Gasteiger partial charge in [-0.2, -0.15) is 0 Å². The number of carbonyl (C=O) groups excluding carboxylic acids is 1. The highest BCUT2D eigenvalue weighted by atomic mass is 32.1. The molecule has 7 heteroatoms. The Morgan fingerprint density at radius 1 is 1.55 bits per heavy atom. The van der Waals surface area contributed by atoms with Crippen LogP contribution >= 0.6 is 22.7 Å². The number of rotatable bonds is 5. The summed E-state index contributed by atoms with van der Waals surface area (Å²) >= 11 is 3.31. The summed E-state index contributed by atoms with van der Waals surface area (Å²) in [5, 5.41) is 8.33. The van der Waals surface area contributed by atoms with Gasteiger partial charge in [-0.25, -0.2) is 4.98 Å². The molecule has 3 heterocycles. The van der Waals surface area contributed by atoms with Gasteiger partial charge in [-0.05, 0) is 11.4 Å². The van der Waals surface area contributed by atoms with Gasteiger partial charge in [-0.15, -0.1) is 22.7 Å². The highest BCUT2D eigenvalue weighted by Gasteiger charge is 2.20. The van der Waals surface area contributed by atoms with Gasteiger partial charge in [-0.3, -0.25) is 4.79 Å². The first kappa shape index (κ1) is 15.6. The third-order valence-electron chi connectivity index (χ3n) is 3.52. The number of amides is 1. The number of carbonyl (C=O) groups is 1. The second kappa shape index (κ2) is 7.32. The zero-order valence-corrected chi connectivity index (χ0v) is 14.1. The van der Waals surface area contributed by atoms with Crippen LogP contribution in [0.2, 0.25) is 0 Å². The van der Waals surface area contributed by atoms with Gasteiger partial charge in [0.2, 0.25) is 5.91 Å². The number of thiazole rings is 1. The molecule has 1 atom stereocenters. The summed E-state index contributed by atoms with van der Waals surface area (Å²) in [4.78, 5) is 19.8. The number of aromatic nitrogens is 1. The van der Waals surface area contributed by atoms with Crippen LogP contribution in [0, 0.1) is 0 Å². The first-order valence-electron chi connectivity index (χ1n) is 7.27. The second-order valence-corrected chi connectivity index (χ2v) is 7.08. The first-order chi connectivity index (χ1) is 10.7. The predicted octanol–water partition coefficient (Wildman–Crippen LogP) is 2.21. The minimum atomic E-state index is -0.0131. The standard InChI is InChI=1S/C15H19N3O2S2/c1-18(14(19)7-12-8-16-4-5-20-12)9-11-10-22-15(17-11)13-3-2-6-21-13/h2-3,6,10,12,16H,4-5,7-9H2,1H3/t12-/m1/s1. The Morgan fingerprint density at radius 3 is 3.18 bits per heavy atom. The summed E-state index contributed by atoms with van der Waals surface area (Å²) in [6.07, 6.45) is 0.409. The normalized spacial score (nSPS) is 18.3. The minimum absolute atomic E-state index is 0.0131. The number of morpholine rings is 1. The zero-order valence-electron chi connectivity index (χ0n) is 12.4. The molecule has 0 spiro atoms. The molecule has 1 N–H and O–H groups in total. The van der Waals surface area contributed by atoms with Crippen LogP contribution in [0.5, 0.6) is 0 Å². The third kappa shape index (κ3) is 3.92. The fourth-order valence-corrected chi connectivity index (χ4v) is 3.95. The summed E-state index contributed by atoms with van der Waals surface area (Å²) in [6, 6.07) is 4.09. The van der Waals surface area contributed by atoms with Crippen LogP contribution in [0.15, 0.2) is 22.9 Å². The molecular weight excluding hydrogens is 318 g/mol. The van der Waals surface area contributed by atoms with Crippen molar-refractivity contribution in [3.63, 3.8) is 0 Å². The van der Waals surface area contributed by atoms with Crippen molar-refractivity contribution in [1.29, 1.82) is 0 Å². The van der Waals surface area contributed by atoms with Gasteiger partial charge in [0, 0.05) is 25.5 Å². The summed E-state index contributed by atoms with van der Waals surface area (Å²) < 4.78 is 5.58. The quantitative estimate of drug-likeness (QED) is 0.909. The fourth-order valence-electron chi connectivity index (χ4n) is 2.33. The number of hydrogen-bond donors (Lipinski definition) is 1. The molecule has 1 aliphatic heterocycles. The molecule has 0 saturated carbocycles. The van der Waals surface area contributed by atoms with Crippen LogP contribution in [0.3, 0.4) is 0 Å². The lowest BCUT2D eigenvalue weighted by Gasteiger charge is -2.25. The lowest BCUT2D eigenvalue weighted by Crippen LogP contribution is -2.41. The SMILES string of the molecule is CN(Cc1csc(-c2cccs2)n1)C(=O)C[C@@H]1CNCCO1. The molecule has 2 aromatic rings. The molecule has 0 aliphatic carbocycles. The second-order valence-electron chi connectivity index (χ2n) is 5.27. The predicted molar refractivity (Wildman–Crippen MR) is 89.1 cm³/mol. The molecule has 118 valence electrons. The molecule has 0 bridgehead atoms. The van der Waals surface area contributed by atoms with E-state index in [1.807, 2.05) is 23.9 Å². The largest absolute Gasteiger partial charge is 0.375 e. The van der Waals surface area contributed by atoms with Crippen molar-refractivity contribution in [2.45, 2.75) is 19.1 Å². The van der Waals surface area contributed by atoms with E-state index in [4.69, 9.17) is 4.74 Å². The van der Waals surface area contributed by atoms with Gasteiger partial charge in [0.1, 0.15) is 5.01 Å². The summed E-state index contributed by atoms with van der Waals surface area (Å²) in [5.74, 6) is 0.0966. The maximum Gasteiger partial charge on any atom is 0.225 e. The highest BCUT2D eigenvalue weighted by Crippen LogP contribution is 2.28. The average Bonchev–Trinajstić information content (AvgIpc) is 3.19.